The number of allylic oxidation sites excluding steroid dienone is 1. The third kappa shape index (κ3) is 6.46. The number of rotatable bonds is 10. The van der Waals surface area contributed by atoms with E-state index in [1.54, 1.807) is 38.5 Å². The van der Waals surface area contributed by atoms with Crippen LogP contribution in [0, 0.1) is 0 Å². The summed E-state index contributed by atoms with van der Waals surface area (Å²) < 4.78 is 16.3. The summed E-state index contributed by atoms with van der Waals surface area (Å²) in [6.45, 7) is 1.58. The van der Waals surface area contributed by atoms with Crippen molar-refractivity contribution in [1.82, 2.24) is 4.90 Å². The van der Waals surface area contributed by atoms with Crippen molar-refractivity contribution in [1.29, 1.82) is 0 Å². The van der Waals surface area contributed by atoms with Crippen molar-refractivity contribution in [3.63, 3.8) is 0 Å². The molecule has 0 aliphatic rings. The fourth-order valence-corrected chi connectivity index (χ4v) is 2.53. The lowest BCUT2D eigenvalue weighted by atomic mass is 10.1. The maximum absolute atomic E-state index is 12.5. The number of methoxy groups -OCH3 is 2. The normalized spacial score (nSPS) is 11.0. The molecule has 2 rings (SSSR count). The molecule has 0 aliphatic carbocycles. The highest BCUT2D eigenvalue weighted by Gasteiger charge is 2.06. The van der Waals surface area contributed by atoms with Crippen LogP contribution >= 0.6 is 0 Å². The summed E-state index contributed by atoms with van der Waals surface area (Å²) in [6.07, 6.45) is 4.21. The van der Waals surface area contributed by atoms with Crippen LogP contribution in [-0.4, -0.2) is 52.1 Å². The minimum atomic E-state index is -0.0911. The molecular formula is C22H27NO4. The summed E-state index contributed by atoms with van der Waals surface area (Å²) in [7, 11) is 7.25. The Morgan fingerprint density at radius 3 is 2.56 bits per heavy atom. The summed E-state index contributed by atoms with van der Waals surface area (Å²) in [6, 6.07) is 12.7. The van der Waals surface area contributed by atoms with Crippen molar-refractivity contribution in [2.75, 3.05) is 41.5 Å². The molecule has 0 aliphatic heterocycles. The minimum absolute atomic E-state index is 0.0911. The maximum Gasteiger partial charge on any atom is 0.185 e. The molecular weight excluding hydrogens is 342 g/mol. The van der Waals surface area contributed by atoms with Crippen LogP contribution in [0.15, 0.2) is 48.5 Å². The molecule has 27 heavy (non-hydrogen) atoms. The topological polar surface area (TPSA) is 48.0 Å². The summed E-state index contributed by atoms with van der Waals surface area (Å²) in [5.74, 6) is 1.97. The molecule has 2 aromatic rings. The largest absolute Gasteiger partial charge is 0.497 e. The quantitative estimate of drug-likeness (QED) is 0.361. The van der Waals surface area contributed by atoms with Crippen LogP contribution in [-0.2, 0) is 0 Å². The number of hydrogen-bond acceptors (Lipinski definition) is 5. The van der Waals surface area contributed by atoms with Crippen LogP contribution in [0.3, 0.4) is 0 Å². The molecule has 2 aromatic carbocycles. The van der Waals surface area contributed by atoms with Gasteiger partial charge >= 0.3 is 0 Å². The van der Waals surface area contributed by atoms with Crippen LogP contribution in [0.4, 0.5) is 0 Å². The molecule has 0 atom stereocenters. The molecule has 0 radical (unpaired) electrons. The summed E-state index contributed by atoms with van der Waals surface area (Å²) in [5.41, 5.74) is 1.39. The Bertz CT molecular complexity index is 784. The van der Waals surface area contributed by atoms with E-state index in [9.17, 15) is 4.79 Å². The second-order valence-electron chi connectivity index (χ2n) is 6.34. The molecule has 0 heterocycles. The average molecular weight is 369 g/mol. The summed E-state index contributed by atoms with van der Waals surface area (Å²) >= 11 is 0. The van der Waals surface area contributed by atoms with Gasteiger partial charge < -0.3 is 19.1 Å². The number of nitrogens with zero attached hydrogens (tertiary/aromatic N) is 1. The monoisotopic (exact) mass is 369 g/mol. The standard InChI is InChI=1S/C22H27NO4/c1-23(2)13-6-14-27-20-8-5-7-18(15-20)21(24)12-10-17-9-11-19(25-3)16-22(17)26-4/h5,7-12,15-16H,6,13-14H2,1-4H3. The van der Waals surface area contributed by atoms with Gasteiger partial charge in [-0.25, -0.2) is 0 Å². The predicted octanol–water partition coefficient (Wildman–Crippen LogP) is 3.93. The number of hydrogen-bond donors (Lipinski definition) is 0. The van der Waals surface area contributed by atoms with Gasteiger partial charge in [0, 0.05) is 23.7 Å². The van der Waals surface area contributed by atoms with Gasteiger partial charge in [0.25, 0.3) is 0 Å². The van der Waals surface area contributed by atoms with E-state index in [1.807, 2.05) is 38.4 Å². The fourth-order valence-electron chi connectivity index (χ4n) is 2.53. The van der Waals surface area contributed by atoms with Gasteiger partial charge in [0.1, 0.15) is 17.2 Å². The van der Waals surface area contributed by atoms with Gasteiger partial charge in [-0.2, -0.15) is 0 Å². The van der Waals surface area contributed by atoms with E-state index in [-0.39, 0.29) is 5.78 Å². The molecule has 0 N–H and O–H groups in total. The maximum atomic E-state index is 12.5. The Balaban J connectivity index is 2.03. The fraction of sp³-hybridized carbons (Fsp3) is 0.318. The van der Waals surface area contributed by atoms with Crippen LogP contribution in [0.25, 0.3) is 6.08 Å². The zero-order valence-electron chi connectivity index (χ0n) is 16.4. The molecule has 0 unspecified atom stereocenters. The highest BCUT2D eigenvalue weighted by molar-refractivity contribution is 6.07. The highest BCUT2D eigenvalue weighted by Crippen LogP contribution is 2.25. The SMILES string of the molecule is COc1ccc(C=CC(=O)c2cccc(OCCCN(C)C)c2)c(OC)c1. The first-order chi connectivity index (χ1) is 13.0. The van der Waals surface area contributed by atoms with E-state index in [0.717, 1.165) is 18.5 Å². The number of ketones is 1. The van der Waals surface area contributed by atoms with E-state index < -0.39 is 0 Å². The lowest BCUT2D eigenvalue weighted by molar-refractivity contribution is 0.104. The van der Waals surface area contributed by atoms with E-state index in [0.29, 0.717) is 29.4 Å². The number of benzene rings is 2. The first-order valence-electron chi connectivity index (χ1n) is 8.85. The molecule has 5 heteroatoms. The number of carbonyl (C=O) groups is 1. The number of ether oxygens (including phenoxy) is 3. The van der Waals surface area contributed by atoms with Gasteiger partial charge in [0.05, 0.1) is 20.8 Å². The van der Waals surface area contributed by atoms with Gasteiger partial charge in [-0.15, -0.1) is 0 Å². The zero-order valence-corrected chi connectivity index (χ0v) is 16.4. The van der Waals surface area contributed by atoms with E-state index in [1.165, 1.54) is 6.08 Å². The average Bonchev–Trinajstić information content (AvgIpc) is 2.69. The van der Waals surface area contributed by atoms with Crippen molar-refractivity contribution in [3.05, 3.63) is 59.7 Å². The van der Waals surface area contributed by atoms with Crippen LogP contribution in [0.5, 0.6) is 17.2 Å². The van der Waals surface area contributed by atoms with Gasteiger partial charge in [0.15, 0.2) is 5.78 Å². The third-order valence-electron chi connectivity index (χ3n) is 3.99. The molecule has 0 spiro atoms. The Morgan fingerprint density at radius 1 is 1.04 bits per heavy atom. The second-order valence-corrected chi connectivity index (χ2v) is 6.34. The van der Waals surface area contributed by atoms with E-state index >= 15 is 0 Å². The molecule has 0 bridgehead atoms. The molecule has 5 nitrogen and oxygen atoms in total. The molecule has 0 fully saturated rings. The third-order valence-corrected chi connectivity index (χ3v) is 3.99. The van der Waals surface area contributed by atoms with E-state index in [4.69, 9.17) is 14.2 Å². The Labute approximate surface area is 161 Å². The summed E-state index contributed by atoms with van der Waals surface area (Å²) in [5, 5.41) is 0. The first-order valence-corrected chi connectivity index (χ1v) is 8.85. The van der Waals surface area contributed by atoms with Crippen molar-refractivity contribution < 1.29 is 19.0 Å². The van der Waals surface area contributed by atoms with Crippen molar-refractivity contribution in [2.24, 2.45) is 0 Å². The van der Waals surface area contributed by atoms with Gasteiger partial charge in [-0.3, -0.25) is 4.79 Å². The first kappa shape index (κ1) is 20.5. The molecule has 0 saturated heterocycles. The van der Waals surface area contributed by atoms with E-state index in [2.05, 4.69) is 4.90 Å². The second kappa shape index (κ2) is 10.4. The minimum Gasteiger partial charge on any atom is -0.497 e. The van der Waals surface area contributed by atoms with Crippen molar-refractivity contribution in [2.45, 2.75) is 6.42 Å². The Kier molecular flexibility index (Phi) is 7.89. The lowest BCUT2D eigenvalue weighted by Crippen LogP contribution is -2.15. The van der Waals surface area contributed by atoms with Crippen molar-refractivity contribution in [3.8, 4) is 17.2 Å². The highest BCUT2D eigenvalue weighted by atomic mass is 16.5. The van der Waals surface area contributed by atoms with Gasteiger partial charge in [0.2, 0.25) is 0 Å². The lowest BCUT2D eigenvalue weighted by Gasteiger charge is -2.10. The van der Waals surface area contributed by atoms with Crippen molar-refractivity contribution >= 4 is 11.9 Å². The van der Waals surface area contributed by atoms with Crippen LogP contribution in [0.2, 0.25) is 0 Å². The zero-order chi connectivity index (χ0) is 19.6. The van der Waals surface area contributed by atoms with Gasteiger partial charge in [-0.05, 0) is 56.9 Å². The van der Waals surface area contributed by atoms with Gasteiger partial charge in [-0.1, -0.05) is 12.1 Å². The molecule has 0 aromatic heterocycles. The molecule has 0 saturated carbocycles. The molecule has 144 valence electrons. The van der Waals surface area contributed by atoms with Crippen LogP contribution < -0.4 is 14.2 Å². The molecule has 0 amide bonds. The summed E-state index contributed by atoms with van der Waals surface area (Å²) in [4.78, 5) is 14.6. The Morgan fingerprint density at radius 2 is 1.85 bits per heavy atom. The van der Waals surface area contributed by atoms with Crippen LogP contribution in [0.1, 0.15) is 22.3 Å². The Hall–Kier alpha value is -2.79. The smallest absolute Gasteiger partial charge is 0.185 e. The predicted molar refractivity (Wildman–Crippen MR) is 108 cm³/mol. The number of carbonyl (C=O) groups excluding carboxylic acids is 1.